The first kappa shape index (κ1) is 24.3. The number of hydrogen-bond donors (Lipinski definition) is 2. The summed E-state index contributed by atoms with van der Waals surface area (Å²) >= 11 is 0. The molecule has 0 aliphatic heterocycles. The second kappa shape index (κ2) is 12.1. The van der Waals surface area contributed by atoms with E-state index < -0.39 is 0 Å². The monoisotopic (exact) mass is 468 g/mol. The van der Waals surface area contributed by atoms with Gasteiger partial charge in [0.25, 0.3) is 0 Å². The third-order valence-corrected chi connectivity index (χ3v) is 6.20. The second-order valence-corrected chi connectivity index (χ2v) is 8.87. The van der Waals surface area contributed by atoms with Crippen molar-refractivity contribution in [3.63, 3.8) is 0 Å². The normalized spacial score (nSPS) is 11.9. The van der Waals surface area contributed by atoms with Gasteiger partial charge in [0.05, 0.1) is 29.9 Å². The van der Waals surface area contributed by atoms with E-state index in [1.54, 1.807) is 6.20 Å². The number of aromatic amines is 1. The Morgan fingerprint density at radius 1 is 0.943 bits per heavy atom. The van der Waals surface area contributed by atoms with Crippen LogP contribution in [0.15, 0.2) is 73.1 Å². The molecule has 0 fully saturated rings. The van der Waals surface area contributed by atoms with E-state index in [0.29, 0.717) is 18.6 Å². The molecule has 2 aromatic carbocycles. The maximum atomic E-state index is 13.0. The molecule has 4 rings (SSSR count). The van der Waals surface area contributed by atoms with E-state index in [0.717, 1.165) is 59.2 Å². The van der Waals surface area contributed by atoms with Gasteiger partial charge >= 0.3 is 0 Å². The Labute approximate surface area is 206 Å². The summed E-state index contributed by atoms with van der Waals surface area (Å²) in [5.74, 6) is 0.988. The fraction of sp³-hybridized carbons (Fsp3) is 0.310. The van der Waals surface area contributed by atoms with Crippen molar-refractivity contribution in [2.24, 2.45) is 0 Å². The molecular weight excluding hydrogens is 436 g/mol. The molecule has 180 valence electrons. The molecule has 0 spiro atoms. The van der Waals surface area contributed by atoms with E-state index in [-0.39, 0.29) is 18.4 Å². The van der Waals surface area contributed by atoms with Crippen LogP contribution in [0.5, 0.6) is 0 Å². The zero-order valence-corrected chi connectivity index (χ0v) is 20.2. The first-order chi connectivity index (χ1) is 17.1. The lowest BCUT2D eigenvalue weighted by molar-refractivity contribution is -0.121. The SMILES string of the molecule is CCC(=O)CCCCC[C@H](NC(=O)Cc1cnc2ccccc2c1)c1ncc(-c2ccccc2)[nH]1. The van der Waals surface area contributed by atoms with Gasteiger partial charge in [-0.1, -0.05) is 68.3 Å². The number of hydrogen-bond acceptors (Lipinski definition) is 4. The fourth-order valence-corrected chi connectivity index (χ4v) is 4.22. The Morgan fingerprint density at radius 3 is 2.57 bits per heavy atom. The number of rotatable bonds is 12. The molecule has 0 aliphatic carbocycles. The van der Waals surface area contributed by atoms with E-state index in [9.17, 15) is 9.59 Å². The number of Topliss-reactive ketones (excluding diaryl/α,β-unsaturated/α-hetero) is 1. The number of ketones is 1. The predicted octanol–water partition coefficient (Wildman–Crippen LogP) is 5.95. The predicted molar refractivity (Wildman–Crippen MR) is 139 cm³/mol. The van der Waals surface area contributed by atoms with Gasteiger partial charge in [-0.25, -0.2) is 4.98 Å². The van der Waals surface area contributed by atoms with Crippen LogP contribution in [0.25, 0.3) is 22.2 Å². The van der Waals surface area contributed by atoms with E-state index in [2.05, 4.69) is 20.3 Å². The summed E-state index contributed by atoms with van der Waals surface area (Å²) in [7, 11) is 0. The molecule has 0 radical (unpaired) electrons. The average molecular weight is 469 g/mol. The number of nitrogens with one attached hydrogen (secondary N) is 2. The van der Waals surface area contributed by atoms with Crippen molar-refractivity contribution >= 4 is 22.6 Å². The average Bonchev–Trinajstić information content (AvgIpc) is 3.38. The van der Waals surface area contributed by atoms with E-state index in [4.69, 9.17) is 0 Å². The van der Waals surface area contributed by atoms with Crippen LogP contribution >= 0.6 is 0 Å². The smallest absolute Gasteiger partial charge is 0.225 e. The second-order valence-electron chi connectivity index (χ2n) is 8.87. The Hall–Kier alpha value is -3.80. The lowest BCUT2D eigenvalue weighted by atomic mass is 10.0. The molecule has 35 heavy (non-hydrogen) atoms. The van der Waals surface area contributed by atoms with Crippen molar-refractivity contribution in [3.8, 4) is 11.3 Å². The molecule has 1 atom stereocenters. The Morgan fingerprint density at radius 2 is 1.74 bits per heavy atom. The molecule has 2 aromatic heterocycles. The number of carbonyl (C=O) groups is 2. The molecule has 0 bridgehead atoms. The van der Waals surface area contributed by atoms with Crippen LogP contribution in [0.2, 0.25) is 0 Å². The number of imidazole rings is 1. The molecule has 6 nitrogen and oxygen atoms in total. The first-order valence-corrected chi connectivity index (χ1v) is 12.4. The van der Waals surface area contributed by atoms with Gasteiger partial charge in [-0.15, -0.1) is 0 Å². The number of unbranched alkanes of at least 4 members (excludes halogenated alkanes) is 2. The van der Waals surface area contributed by atoms with Crippen molar-refractivity contribution in [3.05, 3.63) is 84.4 Å². The van der Waals surface area contributed by atoms with Gasteiger partial charge in [-0.3, -0.25) is 14.6 Å². The van der Waals surface area contributed by atoms with Crippen molar-refractivity contribution in [2.75, 3.05) is 0 Å². The van der Waals surface area contributed by atoms with Crippen molar-refractivity contribution < 1.29 is 9.59 Å². The Kier molecular flexibility index (Phi) is 8.39. The lowest BCUT2D eigenvalue weighted by Gasteiger charge is -2.17. The maximum absolute atomic E-state index is 13.0. The zero-order chi connectivity index (χ0) is 24.5. The van der Waals surface area contributed by atoms with Crippen LogP contribution in [0, 0.1) is 0 Å². The topological polar surface area (TPSA) is 87.7 Å². The minimum absolute atomic E-state index is 0.0640. The number of benzene rings is 2. The highest BCUT2D eigenvalue weighted by Crippen LogP contribution is 2.23. The molecular formula is C29H32N4O2. The number of aromatic nitrogens is 3. The summed E-state index contributed by atoms with van der Waals surface area (Å²) in [4.78, 5) is 37.1. The maximum Gasteiger partial charge on any atom is 0.225 e. The van der Waals surface area contributed by atoms with Gasteiger partial charge in [-0.05, 0) is 36.1 Å². The molecule has 2 heterocycles. The summed E-state index contributed by atoms with van der Waals surface area (Å²) in [6.07, 6.45) is 8.54. The van der Waals surface area contributed by atoms with Crippen LogP contribution in [-0.2, 0) is 16.0 Å². The van der Waals surface area contributed by atoms with Gasteiger partial charge in [0.1, 0.15) is 11.6 Å². The molecule has 6 heteroatoms. The Balaban J connectivity index is 1.43. The van der Waals surface area contributed by atoms with Crippen molar-refractivity contribution in [1.82, 2.24) is 20.3 Å². The number of pyridine rings is 1. The minimum atomic E-state index is -0.227. The van der Waals surface area contributed by atoms with Crippen molar-refractivity contribution in [1.29, 1.82) is 0 Å². The number of carbonyl (C=O) groups excluding carboxylic acids is 2. The zero-order valence-electron chi connectivity index (χ0n) is 20.2. The van der Waals surface area contributed by atoms with Gasteiger partial charge < -0.3 is 10.3 Å². The van der Waals surface area contributed by atoms with Crippen LogP contribution < -0.4 is 5.32 Å². The molecule has 0 unspecified atom stereocenters. The summed E-state index contributed by atoms with van der Waals surface area (Å²) in [6, 6.07) is 19.7. The molecule has 0 saturated carbocycles. The highest BCUT2D eigenvalue weighted by Gasteiger charge is 2.19. The number of para-hydroxylation sites is 1. The van der Waals surface area contributed by atoms with Gasteiger partial charge in [0.2, 0.25) is 5.91 Å². The van der Waals surface area contributed by atoms with Crippen LogP contribution in [0.1, 0.15) is 62.9 Å². The summed E-state index contributed by atoms with van der Waals surface area (Å²) in [6.45, 7) is 1.90. The fourth-order valence-electron chi connectivity index (χ4n) is 4.22. The van der Waals surface area contributed by atoms with E-state index in [1.807, 2.05) is 73.8 Å². The van der Waals surface area contributed by atoms with Crippen LogP contribution in [0.4, 0.5) is 0 Å². The number of amides is 1. The molecule has 2 N–H and O–H groups in total. The number of nitrogens with zero attached hydrogens (tertiary/aromatic N) is 2. The van der Waals surface area contributed by atoms with Gasteiger partial charge in [0, 0.05) is 24.4 Å². The highest BCUT2D eigenvalue weighted by atomic mass is 16.1. The summed E-state index contributed by atoms with van der Waals surface area (Å²) < 4.78 is 0. The largest absolute Gasteiger partial charge is 0.346 e. The number of H-pyrrole nitrogens is 1. The summed E-state index contributed by atoms with van der Waals surface area (Å²) in [5.41, 5.74) is 3.77. The highest BCUT2D eigenvalue weighted by molar-refractivity contribution is 5.82. The van der Waals surface area contributed by atoms with Crippen LogP contribution in [0.3, 0.4) is 0 Å². The standard InChI is InChI=1S/C29H32N4O2/c1-2-24(34)14-7-4-8-16-26(29-31-20-27(33-29)22-11-5-3-6-12-22)32-28(35)18-21-17-23-13-9-10-15-25(23)30-19-21/h3,5-6,9-13,15,17,19-20,26H,2,4,7-8,14,16,18H2,1H3,(H,31,33)(H,32,35)/t26-/m0/s1. The minimum Gasteiger partial charge on any atom is -0.346 e. The Bertz CT molecular complexity index is 1270. The van der Waals surface area contributed by atoms with E-state index in [1.165, 1.54) is 0 Å². The molecule has 1 amide bonds. The molecule has 4 aromatic rings. The van der Waals surface area contributed by atoms with Crippen molar-refractivity contribution in [2.45, 2.75) is 57.9 Å². The first-order valence-electron chi connectivity index (χ1n) is 12.4. The third-order valence-electron chi connectivity index (χ3n) is 6.20. The van der Waals surface area contributed by atoms with Gasteiger partial charge in [-0.2, -0.15) is 0 Å². The quantitative estimate of drug-likeness (QED) is 0.251. The third kappa shape index (κ3) is 6.85. The molecule has 0 saturated heterocycles. The number of fused-ring (bicyclic) bond motifs is 1. The summed E-state index contributed by atoms with van der Waals surface area (Å²) in [5, 5.41) is 4.20. The lowest BCUT2D eigenvalue weighted by Crippen LogP contribution is -2.30. The molecule has 0 aliphatic rings. The van der Waals surface area contributed by atoms with Crippen LogP contribution in [-0.4, -0.2) is 26.6 Å². The van der Waals surface area contributed by atoms with E-state index >= 15 is 0 Å². The van der Waals surface area contributed by atoms with Gasteiger partial charge in [0.15, 0.2) is 0 Å².